The molecule has 1 heteroatoms. The van der Waals surface area contributed by atoms with Crippen molar-refractivity contribution in [2.24, 2.45) is 5.92 Å². The van der Waals surface area contributed by atoms with Crippen LogP contribution in [0.4, 0.5) is 0 Å². The number of fused-ring (bicyclic) bond motifs is 2. The molecule has 1 nitrogen and oxygen atoms in total. The van der Waals surface area contributed by atoms with Crippen LogP contribution in [0.3, 0.4) is 0 Å². The van der Waals surface area contributed by atoms with Gasteiger partial charge in [-0.05, 0) is 64.6 Å². The van der Waals surface area contributed by atoms with Crippen LogP contribution in [0.25, 0.3) is 5.57 Å². The van der Waals surface area contributed by atoms with Crippen LogP contribution in [0.2, 0.25) is 0 Å². The minimum atomic E-state index is 0. The van der Waals surface area contributed by atoms with Crippen molar-refractivity contribution < 1.29 is 6.22 Å². The highest BCUT2D eigenvalue weighted by molar-refractivity contribution is 6.14. The van der Waals surface area contributed by atoms with E-state index in [1.807, 2.05) is 0 Å². The van der Waals surface area contributed by atoms with E-state index in [4.69, 9.17) is 0 Å². The molecular formula is C31H40O. The third-order valence-electron chi connectivity index (χ3n) is 7.86. The second-order valence-electron chi connectivity index (χ2n) is 9.80. The number of hydrogen-bond acceptors (Lipinski definition) is 1. The normalized spacial score (nSPS) is 21.3. The molecule has 1 unspecified atom stereocenters. The summed E-state index contributed by atoms with van der Waals surface area (Å²) in [6.07, 6.45) is 15.8. The lowest BCUT2D eigenvalue weighted by Gasteiger charge is -2.22. The molecule has 0 saturated heterocycles. The van der Waals surface area contributed by atoms with Gasteiger partial charge in [-0.2, -0.15) is 0 Å². The number of carbonyl (C=O) groups excluding carboxylic acids is 1. The molecule has 0 bridgehead atoms. The minimum absolute atomic E-state index is 0. The van der Waals surface area contributed by atoms with Gasteiger partial charge in [0, 0.05) is 24.9 Å². The average molecular weight is 429 g/mol. The minimum Gasteiger partial charge on any atom is -0.289 e. The van der Waals surface area contributed by atoms with E-state index in [0.29, 0.717) is 5.92 Å². The van der Waals surface area contributed by atoms with E-state index in [9.17, 15) is 4.79 Å². The molecule has 2 aromatic rings. The quantitative estimate of drug-likeness (QED) is 0.436. The number of hydrogen-bond donors (Lipinski definition) is 0. The molecule has 5 rings (SSSR count). The predicted molar refractivity (Wildman–Crippen MR) is 139 cm³/mol. The van der Waals surface area contributed by atoms with Gasteiger partial charge in [-0.25, -0.2) is 0 Å². The first kappa shape index (κ1) is 22.8. The van der Waals surface area contributed by atoms with Gasteiger partial charge in [-0.3, -0.25) is 4.79 Å². The fourth-order valence-electron chi connectivity index (χ4n) is 6.10. The van der Waals surface area contributed by atoms with E-state index < -0.39 is 0 Å². The topological polar surface area (TPSA) is 17.1 Å². The highest BCUT2D eigenvalue weighted by atomic mass is 16.1. The molecule has 0 aliphatic heterocycles. The van der Waals surface area contributed by atoms with Crippen molar-refractivity contribution >= 4 is 11.4 Å². The van der Waals surface area contributed by atoms with Crippen LogP contribution in [0.5, 0.6) is 0 Å². The van der Waals surface area contributed by atoms with E-state index in [1.54, 1.807) is 0 Å². The molecule has 2 aromatic carbocycles. The molecule has 32 heavy (non-hydrogen) atoms. The summed E-state index contributed by atoms with van der Waals surface area (Å²) < 4.78 is 0. The van der Waals surface area contributed by atoms with Crippen molar-refractivity contribution in [2.75, 3.05) is 0 Å². The van der Waals surface area contributed by atoms with Gasteiger partial charge in [0.1, 0.15) is 0 Å². The van der Waals surface area contributed by atoms with Gasteiger partial charge >= 0.3 is 0 Å². The number of Topliss-reactive ketones (excluding diaryl/α,β-unsaturated/α-hetero) is 1. The molecule has 170 valence electrons. The van der Waals surface area contributed by atoms with Crippen molar-refractivity contribution in [2.45, 2.75) is 85.0 Å². The summed E-state index contributed by atoms with van der Waals surface area (Å²) in [5, 5.41) is 0. The molecule has 0 radical (unpaired) electrons. The molecule has 0 N–H and O–H groups in total. The van der Waals surface area contributed by atoms with E-state index in [-0.39, 0.29) is 14.6 Å². The Morgan fingerprint density at radius 3 is 2.59 bits per heavy atom. The molecule has 0 aromatic heterocycles. The maximum Gasteiger partial charge on any atom is 0.189 e. The molecule has 1 fully saturated rings. The van der Waals surface area contributed by atoms with E-state index in [2.05, 4.69) is 62.4 Å². The Bertz CT molecular complexity index is 1070. The number of benzene rings is 2. The lowest BCUT2D eigenvalue weighted by atomic mass is 9.83. The van der Waals surface area contributed by atoms with E-state index in [1.165, 1.54) is 71.9 Å². The smallest absolute Gasteiger partial charge is 0.189 e. The summed E-state index contributed by atoms with van der Waals surface area (Å²) in [6.45, 7) is 4.49. The Kier molecular flexibility index (Phi) is 6.84. The van der Waals surface area contributed by atoms with Gasteiger partial charge in [-0.1, -0.05) is 95.9 Å². The van der Waals surface area contributed by atoms with Crippen LogP contribution in [0.15, 0.2) is 54.1 Å². The number of rotatable bonds is 5. The second-order valence-corrected chi connectivity index (χ2v) is 9.80. The number of carbonyl (C=O) groups is 1. The summed E-state index contributed by atoms with van der Waals surface area (Å²) in [5.41, 5.74) is 10.1. The van der Waals surface area contributed by atoms with Gasteiger partial charge in [0.05, 0.1) is 0 Å². The maximum atomic E-state index is 13.3. The highest BCUT2D eigenvalue weighted by Gasteiger charge is 2.29. The second kappa shape index (κ2) is 9.61. The molecule has 1 atom stereocenters. The lowest BCUT2D eigenvalue weighted by Crippen LogP contribution is -2.09. The fraction of sp³-hybridized carbons (Fsp3) is 0.452. The van der Waals surface area contributed by atoms with Gasteiger partial charge < -0.3 is 0 Å². The zero-order valence-electron chi connectivity index (χ0n) is 19.0. The molecule has 1 saturated carbocycles. The zero-order valence-corrected chi connectivity index (χ0v) is 19.0. The van der Waals surface area contributed by atoms with Gasteiger partial charge in [-0.15, -0.1) is 0 Å². The molecule has 3 aliphatic carbocycles. The lowest BCUT2D eigenvalue weighted by molar-refractivity contribution is 0.103. The number of aryl methyl sites for hydroxylation is 1. The Morgan fingerprint density at radius 2 is 1.81 bits per heavy atom. The largest absolute Gasteiger partial charge is 0.289 e. The highest BCUT2D eigenvalue weighted by Crippen LogP contribution is 2.39. The summed E-state index contributed by atoms with van der Waals surface area (Å²) in [5.74, 6) is 1.54. The predicted octanol–water partition coefficient (Wildman–Crippen LogP) is 8.51. The number of ketones is 1. The number of allylic oxidation sites excluding steroid dienone is 4. The third kappa shape index (κ3) is 4.15. The van der Waals surface area contributed by atoms with Crippen molar-refractivity contribution in [1.29, 1.82) is 0 Å². The van der Waals surface area contributed by atoms with Gasteiger partial charge in [0.2, 0.25) is 0 Å². The van der Waals surface area contributed by atoms with Gasteiger partial charge in [0.25, 0.3) is 0 Å². The van der Waals surface area contributed by atoms with Crippen LogP contribution in [-0.4, -0.2) is 5.78 Å². The third-order valence-corrected chi connectivity index (χ3v) is 7.86. The van der Waals surface area contributed by atoms with Crippen molar-refractivity contribution in [1.82, 2.24) is 0 Å². The van der Waals surface area contributed by atoms with Crippen LogP contribution in [0.1, 0.15) is 105 Å². The first-order valence-corrected chi connectivity index (χ1v) is 12.4. The molecule has 3 aliphatic rings. The summed E-state index contributed by atoms with van der Waals surface area (Å²) in [7, 11) is 0. The summed E-state index contributed by atoms with van der Waals surface area (Å²) >= 11 is 0. The summed E-state index contributed by atoms with van der Waals surface area (Å²) in [4.78, 5) is 13.3. The SMILES string of the molecule is C.CCc1ccc2c(c1CCC1CCCCC1)C/C(=C\C1=CC(C)c3ccccc31)C2=O.[HH]. The first-order valence-electron chi connectivity index (χ1n) is 12.4. The Morgan fingerprint density at radius 1 is 1.03 bits per heavy atom. The maximum absolute atomic E-state index is 13.3. The molecular weight excluding hydrogens is 388 g/mol. The van der Waals surface area contributed by atoms with E-state index >= 15 is 0 Å². The zero-order chi connectivity index (χ0) is 21.4. The standard InChI is InChI=1S/C30H34O.CH4.H2/c1-3-22-14-16-28-29(27(22)15-13-21-9-5-4-6-10-21)19-24(30(28)31)18-23-17-20(2)25-11-7-8-12-26(23)25;;/h7-8,11-12,14,16-18,20-21H,3-6,9-10,13,15,19H2,1-2H3;1H4;1H/b24-18+;;. The van der Waals surface area contributed by atoms with Crippen molar-refractivity contribution in [3.63, 3.8) is 0 Å². The molecule has 0 amide bonds. The molecule has 0 heterocycles. The van der Waals surface area contributed by atoms with Crippen LogP contribution in [-0.2, 0) is 19.3 Å². The summed E-state index contributed by atoms with van der Waals surface area (Å²) in [6, 6.07) is 12.9. The average Bonchev–Trinajstić information content (AvgIpc) is 3.30. The monoisotopic (exact) mass is 428 g/mol. The molecule has 0 spiro atoms. The van der Waals surface area contributed by atoms with Gasteiger partial charge in [0.15, 0.2) is 5.78 Å². The first-order chi connectivity index (χ1) is 15.2. The Labute approximate surface area is 196 Å². The fourth-order valence-corrected chi connectivity index (χ4v) is 6.10. The Balaban J connectivity index is 0.00000153. The van der Waals surface area contributed by atoms with Crippen LogP contribution >= 0.6 is 0 Å². The van der Waals surface area contributed by atoms with Crippen LogP contribution in [0, 0.1) is 5.92 Å². The van der Waals surface area contributed by atoms with Crippen molar-refractivity contribution in [3.05, 3.63) is 87.5 Å². The Hall–Kier alpha value is -2.41. The van der Waals surface area contributed by atoms with E-state index in [0.717, 1.165) is 36.3 Å². The van der Waals surface area contributed by atoms with Crippen LogP contribution < -0.4 is 0 Å². The van der Waals surface area contributed by atoms with Crippen molar-refractivity contribution in [3.8, 4) is 0 Å².